The highest BCUT2D eigenvalue weighted by Gasteiger charge is 2.34. The van der Waals surface area contributed by atoms with Crippen LogP contribution in [-0.2, 0) is 22.8 Å². The topological polar surface area (TPSA) is 122 Å². The highest BCUT2D eigenvalue weighted by molar-refractivity contribution is 7.92. The monoisotopic (exact) mass is 416 g/mol. The molecule has 0 saturated carbocycles. The molecule has 8 nitrogen and oxygen atoms in total. The lowest BCUT2D eigenvalue weighted by atomic mass is 10.1. The number of hydrogen-bond acceptors (Lipinski definition) is 5. The SMILES string of the molecule is NNC(=O)c1ccc(CNC(=O)N2CCS(=O)(=O)C(Cc3ccccc3)C2)cc1. The van der Waals surface area contributed by atoms with E-state index in [1.165, 1.54) is 0 Å². The van der Waals surface area contributed by atoms with Crippen molar-refractivity contribution < 1.29 is 18.0 Å². The Morgan fingerprint density at radius 3 is 2.38 bits per heavy atom. The van der Waals surface area contributed by atoms with Gasteiger partial charge in [-0.05, 0) is 29.7 Å². The van der Waals surface area contributed by atoms with E-state index in [0.29, 0.717) is 12.0 Å². The number of sulfone groups is 1. The van der Waals surface area contributed by atoms with E-state index in [0.717, 1.165) is 11.1 Å². The number of urea groups is 1. The number of hydrogen-bond donors (Lipinski definition) is 3. The van der Waals surface area contributed by atoms with Crippen LogP contribution < -0.4 is 16.6 Å². The summed E-state index contributed by atoms with van der Waals surface area (Å²) in [6.45, 7) is 0.615. The standard InChI is InChI=1S/C20H24N4O4S/c21-23-19(25)17-8-6-16(7-9-17)13-22-20(26)24-10-11-29(27,28)18(14-24)12-15-4-2-1-3-5-15/h1-9,18H,10-14,21H2,(H,22,26)(H,23,25). The Morgan fingerprint density at radius 2 is 1.72 bits per heavy atom. The first-order valence-corrected chi connectivity index (χ1v) is 11.0. The maximum Gasteiger partial charge on any atom is 0.317 e. The van der Waals surface area contributed by atoms with Crippen molar-refractivity contribution in [3.8, 4) is 0 Å². The number of nitrogen functional groups attached to an aromatic ring is 1. The second-order valence-electron chi connectivity index (χ2n) is 6.95. The molecule has 3 amide bonds. The fourth-order valence-corrected chi connectivity index (χ4v) is 4.92. The minimum absolute atomic E-state index is 0.0409. The lowest BCUT2D eigenvalue weighted by molar-refractivity contribution is 0.0953. The Hall–Kier alpha value is -2.91. The van der Waals surface area contributed by atoms with E-state index in [1.807, 2.05) is 30.3 Å². The van der Waals surface area contributed by atoms with Gasteiger partial charge < -0.3 is 10.2 Å². The predicted octanol–water partition coefficient (Wildman–Crippen LogP) is 0.841. The van der Waals surface area contributed by atoms with Crippen LogP contribution in [0.25, 0.3) is 0 Å². The van der Waals surface area contributed by atoms with Crippen molar-refractivity contribution in [1.29, 1.82) is 0 Å². The fraction of sp³-hybridized carbons (Fsp3) is 0.300. The van der Waals surface area contributed by atoms with Crippen molar-refractivity contribution in [3.05, 3.63) is 71.3 Å². The Kier molecular flexibility index (Phi) is 6.50. The molecule has 2 aromatic rings. The van der Waals surface area contributed by atoms with E-state index in [9.17, 15) is 18.0 Å². The summed E-state index contributed by atoms with van der Waals surface area (Å²) in [5, 5.41) is 2.20. The zero-order chi connectivity index (χ0) is 20.9. The van der Waals surface area contributed by atoms with E-state index in [4.69, 9.17) is 5.84 Å². The fourth-order valence-electron chi connectivity index (χ4n) is 3.25. The summed E-state index contributed by atoms with van der Waals surface area (Å²) >= 11 is 0. The molecule has 1 aliphatic rings. The van der Waals surface area contributed by atoms with E-state index in [2.05, 4.69) is 10.7 Å². The first-order valence-electron chi connectivity index (χ1n) is 9.27. The van der Waals surface area contributed by atoms with E-state index < -0.39 is 15.1 Å². The quantitative estimate of drug-likeness (QED) is 0.379. The van der Waals surface area contributed by atoms with Crippen LogP contribution in [-0.4, -0.2) is 49.3 Å². The van der Waals surface area contributed by atoms with Crippen molar-refractivity contribution in [2.75, 3.05) is 18.8 Å². The van der Waals surface area contributed by atoms with Crippen LogP contribution >= 0.6 is 0 Å². The van der Waals surface area contributed by atoms with Crippen molar-refractivity contribution in [2.45, 2.75) is 18.2 Å². The van der Waals surface area contributed by atoms with Crippen LogP contribution in [0.4, 0.5) is 4.79 Å². The molecule has 1 atom stereocenters. The molecule has 0 spiro atoms. The number of carbonyl (C=O) groups is 2. The third kappa shape index (κ3) is 5.33. The summed E-state index contributed by atoms with van der Waals surface area (Å²) in [6, 6.07) is 15.8. The summed E-state index contributed by atoms with van der Waals surface area (Å²) in [4.78, 5) is 25.5. The van der Waals surface area contributed by atoms with Crippen molar-refractivity contribution in [2.24, 2.45) is 5.84 Å². The molecular weight excluding hydrogens is 392 g/mol. The van der Waals surface area contributed by atoms with Crippen LogP contribution in [0.3, 0.4) is 0 Å². The number of nitrogens with two attached hydrogens (primary N) is 1. The van der Waals surface area contributed by atoms with Crippen LogP contribution in [0.15, 0.2) is 54.6 Å². The average molecular weight is 417 g/mol. The van der Waals surface area contributed by atoms with Crippen molar-refractivity contribution >= 4 is 21.8 Å². The molecule has 1 unspecified atom stereocenters. The molecule has 0 aromatic heterocycles. The molecule has 9 heteroatoms. The van der Waals surface area contributed by atoms with Crippen molar-refractivity contribution in [3.63, 3.8) is 0 Å². The molecule has 1 saturated heterocycles. The summed E-state index contributed by atoms with van der Waals surface area (Å²) in [5.41, 5.74) is 4.23. The summed E-state index contributed by atoms with van der Waals surface area (Å²) in [5.74, 6) is 4.67. The lowest BCUT2D eigenvalue weighted by Crippen LogP contribution is -2.52. The number of benzene rings is 2. The molecular formula is C20H24N4O4S. The second kappa shape index (κ2) is 9.06. The Balaban J connectivity index is 1.58. The van der Waals surface area contributed by atoms with Crippen LogP contribution in [0.1, 0.15) is 21.5 Å². The normalized spacial score (nSPS) is 18.1. The third-order valence-corrected chi connectivity index (χ3v) is 7.05. The van der Waals surface area contributed by atoms with Gasteiger partial charge in [-0.25, -0.2) is 19.1 Å². The average Bonchev–Trinajstić information content (AvgIpc) is 2.74. The van der Waals surface area contributed by atoms with Gasteiger partial charge in [0.05, 0.1) is 11.0 Å². The maximum absolute atomic E-state index is 12.5. The largest absolute Gasteiger partial charge is 0.334 e. The van der Waals surface area contributed by atoms with Gasteiger partial charge in [-0.2, -0.15) is 0 Å². The molecule has 154 valence electrons. The van der Waals surface area contributed by atoms with E-state index in [1.54, 1.807) is 29.2 Å². The Bertz CT molecular complexity index is 962. The smallest absolute Gasteiger partial charge is 0.317 e. The Morgan fingerprint density at radius 1 is 1.03 bits per heavy atom. The van der Waals surface area contributed by atoms with Crippen LogP contribution in [0.5, 0.6) is 0 Å². The van der Waals surface area contributed by atoms with E-state index >= 15 is 0 Å². The minimum atomic E-state index is -3.24. The van der Waals surface area contributed by atoms with Gasteiger partial charge in [-0.1, -0.05) is 42.5 Å². The van der Waals surface area contributed by atoms with Gasteiger partial charge in [0.25, 0.3) is 5.91 Å². The number of amides is 3. The van der Waals surface area contributed by atoms with Gasteiger partial charge in [0.1, 0.15) is 0 Å². The van der Waals surface area contributed by atoms with Gasteiger partial charge in [0, 0.05) is 25.2 Å². The lowest BCUT2D eigenvalue weighted by Gasteiger charge is -2.32. The van der Waals surface area contributed by atoms with Gasteiger partial charge in [-0.15, -0.1) is 0 Å². The summed E-state index contributed by atoms with van der Waals surface area (Å²) in [7, 11) is -3.24. The first kappa shape index (κ1) is 20.8. The molecule has 0 radical (unpaired) electrons. The number of hydrazine groups is 1. The number of rotatable bonds is 5. The second-order valence-corrected chi connectivity index (χ2v) is 9.35. The molecule has 1 heterocycles. The van der Waals surface area contributed by atoms with Gasteiger partial charge in [-0.3, -0.25) is 10.2 Å². The van der Waals surface area contributed by atoms with Gasteiger partial charge in [0.2, 0.25) is 0 Å². The third-order valence-electron chi connectivity index (χ3n) is 4.96. The summed E-state index contributed by atoms with van der Waals surface area (Å²) in [6.07, 6.45) is 0.387. The highest BCUT2D eigenvalue weighted by Crippen LogP contribution is 2.18. The molecule has 0 aliphatic carbocycles. The highest BCUT2D eigenvalue weighted by atomic mass is 32.2. The summed E-state index contributed by atoms with van der Waals surface area (Å²) < 4.78 is 24.9. The molecule has 29 heavy (non-hydrogen) atoms. The predicted molar refractivity (Wildman–Crippen MR) is 110 cm³/mol. The zero-order valence-electron chi connectivity index (χ0n) is 15.9. The first-order chi connectivity index (χ1) is 13.9. The Labute approximate surface area is 170 Å². The van der Waals surface area contributed by atoms with Gasteiger partial charge >= 0.3 is 6.03 Å². The van der Waals surface area contributed by atoms with Crippen molar-refractivity contribution in [1.82, 2.24) is 15.6 Å². The minimum Gasteiger partial charge on any atom is -0.334 e. The maximum atomic E-state index is 12.5. The molecule has 4 N–H and O–H groups in total. The number of nitrogens with zero attached hydrogens (tertiary/aromatic N) is 1. The number of carbonyl (C=O) groups excluding carboxylic acids is 2. The number of nitrogens with one attached hydrogen (secondary N) is 2. The zero-order valence-corrected chi connectivity index (χ0v) is 16.7. The van der Waals surface area contributed by atoms with Crippen LogP contribution in [0, 0.1) is 0 Å². The molecule has 2 aromatic carbocycles. The molecule has 1 aliphatic heterocycles. The molecule has 3 rings (SSSR count). The van der Waals surface area contributed by atoms with E-state index in [-0.39, 0.29) is 37.3 Å². The molecule has 1 fully saturated rings. The molecule has 0 bridgehead atoms. The van der Waals surface area contributed by atoms with Crippen LogP contribution in [0.2, 0.25) is 0 Å². The van der Waals surface area contributed by atoms with Gasteiger partial charge in [0.15, 0.2) is 9.84 Å².